The number of carbonyl (C=O) groups excluding carboxylic acids is 1. The first-order valence-electron chi connectivity index (χ1n) is 6.82. The Morgan fingerprint density at radius 3 is 2.55 bits per heavy atom. The van der Waals surface area contributed by atoms with Crippen LogP contribution in [-0.4, -0.2) is 55.4 Å². The lowest BCUT2D eigenvalue weighted by Gasteiger charge is -2.33. The van der Waals surface area contributed by atoms with Crippen LogP contribution in [0.4, 0.5) is 4.79 Å². The molecular weight excluding hydrogens is 280 g/mol. The monoisotopic (exact) mass is 304 g/mol. The fraction of sp³-hybridized carbons (Fsp3) is 0.846. The van der Waals surface area contributed by atoms with Crippen molar-refractivity contribution in [1.82, 2.24) is 10.6 Å². The van der Waals surface area contributed by atoms with Crippen LogP contribution < -0.4 is 10.6 Å². The van der Waals surface area contributed by atoms with Crippen LogP contribution >= 0.6 is 11.8 Å². The predicted molar refractivity (Wildman–Crippen MR) is 79.1 cm³/mol. The van der Waals surface area contributed by atoms with E-state index in [2.05, 4.69) is 17.6 Å². The fourth-order valence-corrected chi connectivity index (χ4v) is 2.84. The average molecular weight is 304 g/mol. The molecule has 0 aromatic heterocycles. The maximum absolute atomic E-state index is 11.7. The summed E-state index contributed by atoms with van der Waals surface area (Å²) in [5.41, 5.74) is -0.888. The zero-order valence-corrected chi connectivity index (χ0v) is 12.9. The molecule has 0 aromatic rings. The van der Waals surface area contributed by atoms with Gasteiger partial charge in [-0.2, -0.15) is 11.8 Å². The highest BCUT2D eigenvalue weighted by Gasteiger charge is 2.40. The highest BCUT2D eigenvalue weighted by molar-refractivity contribution is 7.98. The smallest absolute Gasteiger partial charge is 0.314 e. The van der Waals surface area contributed by atoms with Gasteiger partial charge in [0.15, 0.2) is 0 Å². The van der Waals surface area contributed by atoms with Gasteiger partial charge in [-0.3, -0.25) is 4.79 Å². The summed E-state index contributed by atoms with van der Waals surface area (Å²) in [5, 5.41) is 14.8. The van der Waals surface area contributed by atoms with E-state index in [1.807, 2.05) is 6.26 Å². The second kappa shape index (κ2) is 8.36. The van der Waals surface area contributed by atoms with E-state index in [4.69, 9.17) is 4.74 Å². The maximum atomic E-state index is 11.7. The van der Waals surface area contributed by atoms with E-state index in [0.29, 0.717) is 38.5 Å². The summed E-state index contributed by atoms with van der Waals surface area (Å²) in [6.45, 7) is 3.67. The molecule has 6 nitrogen and oxygen atoms in total. The van der Waals surface area contributed by atoms with Gasteiger partial charge in [0.25, 0.3) is 0 Å². The van der Waals surface area contributed by atoms with E-state index in [9.17, 15) is 14.7 Å². The van der Waals surface area contributed by atoms with Crippen molar-refractivity contribution in [2.24, 2.45) is 11.3 Å². The normalized spacial score (nSPS) is 19.1. The number of carbonyl (C=O) groups is 2. The lowest BCUT2D eigenvalue weighted by Crippen LogP contribution is -2.49. The van der Waals surface area contributed by atoms with E-state index < -0.39 is 11.4 Å². The van der Waals surface area contributed by atoms with Crippen molar-refractivity contribution < 1.29 is 19.4 Å². The average Bonchev–Trinajstić information content (AvgIpc) is 2.44. The van der Waals surface area contributed by atoms with Gasteiger partial charge in [-0.15, -0.1) is 0 Å². The molecular formula is C13H24N2O4S. The third-order valence-corrected chi connectivity index (χ3v) is 4.46. The summed E-state index contributed by atoms with van der Waals surface area (Å²) in [7, 11) is 0. The van der Waals surface area contributed by atoms with Gasteiger partial charge in [0.1, 0.15) is 0 Å². The molecule has 3 N–H and O–H groups in total. The van der Waals surface area contributed by atoms with Crippen molar-refractivity contribution in [2.45, 2.75) is 19.8 Å². The van der Waals surface area contributed by atoms with E-state index >= 15 is 0 Å². The Balaban J connectivity index is 2.36. The van der Waals surface area contributed by atoms with E-state index in [1.54, 1.807) is 11.8 Å². The van der Waals surface area contributed by atoms with Crippen LogP contribution in [0.25, 0.3) is 0 Å². The van der Waals surface area contributed by atoms with Crippen LogP contribution in [-0.2, 0) is 9.53 Å². The highest BCUT2D eigenvalue weighted by atomic mass is 32.2. The largest absolute Gasteiger partial charge is 0.481 e. The Kier molecular flexibility index (Phi) is 7.15. The molecule has 1 aliphatic rings. The molecule has 1 saturated heterocycles. The quantitative estimate of drug-likeness (QED) is 0.657. The SMILES string of the molecule is CSCC(C)CNC(=O)NCC1(C(=O)O)CCOCC1. The zero-order chi connectivity index (χ0) is 15.0. The molecule has 1 fully saturated rings. The van der Waals surface area contributed by atoms with Crippen molar-refractivity contribution in [2.75, 3.05) is 38.3 Å². The minimum Gasteiger partial charge on any atom is -0.481 e. The molecule has 1 rings (SSSR count). The Morgan fingerprint density at radius 2 is 2.00 bits per heavy atom. The molecule has 0 aliphatic carbocycles. The van der Waals surface area contributed by atoms with Gasteiger partial charge in [-0.1, -0.05) is 6.92 Å². The van der Waals surface area contributed by atoms with Crippen LogP contribution in [0, 0.1) is 11.3 Å². The van der Waals surface area contributed by atoms with Crippen molar-refractivity contribution in [3.05, 3.63) is 0 Å². The number of nitrogens with one attached hydrogen (secondary N) is 2. The summed E-state index contributed by atoms with van der Waals surface area (Å²) in [6, 6.07) is -0.301. The van der Waals surface area contributed by atoms with Crippen LogP contribution in [0.1, 0.15) is 19.8 Å². The summed E-state index contributed by atoms with van der Waals surface area (Å²) in [6.07, 6.45) is 2.90. The molecule has 116 valence electrons. The molecule has 0 spiro atoms. The molecule has 1 unspecified atom stereocenters. The number of urea groups is 1. The molecule has 0 aromatic carbocycles. The molecule has 0 saturated carbocycles. The Bertz CT molecular complexity index is 332. The van der Waals surface area contributed by atoms with Crippen molar-refractivity contribution >= 4 is 23.8 Å². The lowest BCUT2D eigenvalue weighted by atomic mass is 9.80. The lowest BCUT2D eigenvalue weighted by molar-refractivity contribution is -0.154. The first kappa shape index (κ1) is 17.1. The Labute approximate surface area is 124 Å². The van der Waals surface area contributed by atoms with Gasteiger partial charge >= 0.3 is 12.0 Å². The number of rotatable bonds is 7. The number of hydrogen-bond donors (Lipinski definition) is 3. The van der Waals surface area contributed by atoms with Gasteiger partial charge in [-0.05, 0) is 30.8 Å². The number of amides is 2. The van der Waals surface area contributed by atoms with Gasteiger partial charge in [-0.25, -0.2) is 4.79 Å². The van der Waals surface area contributed by atoms with Crippen LogP contribution in [0.5, 0.6) is 0 Å². The second-order valence-electron chi connectivity index (χ2n) is 5.32. The van der Waals surface area contributed by atoms with Gasteiger partial charge in [0.05, 0.1) is 5.41 Å². The minimum atomic E-state index is -0.888. The summed E-state index contributed by atoms with van der Waals surface area (Å²) in [5.74, 6) is 0.514. The molecule has 2 amide bonds. The second-order valence-corrected chi connectivity index (χ2v) is 6.23. The maximum Gasteiger partial charge on any atom is 0.314 e. The highest BCUT2D eigenvalue weighted by Crippen LogP contribution is 2.29. The number of thioether (sulfide) groups is 1. The predicted octanol–water partition coefficient (Wildman–Crippen LogP) is 1.17. The topological polar surface area (TPSA) is 87.7 Å². The Morgan fingerprint density at radius 1 is 1.35 bits per heavy atom. The first-order valence-corrected chi connectivity index (χ1v) is 8.21. The number of aliphatic carboxylic acids is 1. The van der Waals surface area contributed by atoms with Gasteiger partial charge in [0.2, 0.25) is 0 Å². The van der Waals surface area contributed by atoms with Crippen LogP contribution in [0.2, 0.25) is 0 Å². The zero-order valence-electron chi connectivity index (χ0n) is 12.1. The molecule has 1 aliphatic heterocycles. The van der Waals surface area contributed by atoms with Crippen LogP contribution in [0.3, 0.4) is 0 Å². The van der Waals surface area contributed by atoms with Gasteiger partial charge < -0.3 is 20.5 Å². The molecule has 20 heavy (non-hydrogen) atoms. The minimum absolute atomic E-state index is 0.147. The fourth-order valence-electron chi connectivity index (χ4n) is 2.15. The van der Waals surface area contributed by atoms with Crippen LogP contribution in [0.15, 0.2) is 0 Å². The van der Waals surface area contributed by atoms with Gasteiger partial charge in [0, 0.05) is 26.3 Å². The molecule has 0 radical (unpaired) electrons. The van der Waals surface area contributed by atoms with Crippen molar-refractivity contribution in [1.29, 1.82) is 0 Å². The molecule has 1 atom stereocenters. The molecule has 0 bridgehead atoms. The third kappa shape index (κ3) is 5.20. The Hall–Kier alpha value is -0.950. The summed E-state index contributed by atoms with van der Waals surface area (Å²) < 4.78 is 5.19. The summed E-state index contributed by atoms with van der Waals surface area (Å²) >= 11 is 1.74. The number of ether oxygens (including phenoxy) is 1. The first-order chi connectivity index (χ1) is 9.50. The third-order valence-electron chi connectivity index (χ3n) is 3.55. The molecule has 1 heterocycles. The number of carboxylic acid groups (broad SMARTS) is 1. The van der Waals surface area contributed by atoms with Crippen molar-refractivity contribution in [3.63, 3.8) is 0 Å². The van der Waals surface area contributed by atoms with E-state index in [1.165, 1.54) is 0 Å². The standard InChI is InChI=1S/C13H24N2O4S/c1-10(8-20-2)7-14-12(18)15-9-13(11(16)17)3-5-19-6-4-13/h10H,3-9H2,1-2H3,(H,16,17)(H2,14,15,18). The number of carboxylic acids is 1. The van der Waals surface area contributed by atoms with Crippen molar-refractivity contribution in [3.8, 4) is 0 Å². The summed E-state index contributed by atoms with van der Waals surface area (Å²) in [4.78, 5) is 23.1. The van der Waals surface area contributed by atoms with E-state index in [0.717, 1.165) is 5.75 Å². The number of hydrogen-bond acceptors (Lipinski definition) is 4. The molecule has 7 heteroatoms. The van der Waals surface area contributed by atoms with E-state index in [-0.39, 0.29) is 12.6 Å².